The fourth-order valence-electron chi connectivity index (χ4n) is 3.81. The maximum atomic E-state index is 13.2. The number of aliphatic hydroxyl groups excluding tert-OH is 1. The number of ketones is 1. The van der Waals surface area contributed by atoms with Gasteiger partial charge in [0.2, 0.25) is 0 Å². The molecule has 182 valence electrons. The monoisotopic (exact) mass is 488 g/mol. The minimum Gasteiger partial charge on any atom is -0.507 e. The van der Waals surface area contributed by atoms with Crippen molar-refractivity contribution in [3.05, 3.63) is 58.1 Å². The number of hydrogen-bond donors (Lipinski definition) is 2. The van der Waals surface area contributed by atoms with E-state index in [4.69, 9.17) is 21.1 Å². The van der Waals surface area contributed by atoms with Gasteiger partial charge in [0.15, 0.2) is 11.5 Å². The summed E-state index contributed by atoms with van der Waals surface area (Å²) in [6.07, 6.45) is 0. The summed E-state index contributed by atoms with van der Waals surface area (Å²) in [4.78, 5) is 29.5. The molecule has 34 heavy (non-hydrogen) atoms. The van der Waals surface area contributed by atoms with Crippen molar-refractivity contribution >= 4 is 29.1 Å². The molecule has 0 radical (unpaired) electrons. The second-order valence-corrected chi connectivity index (χ2v) is 8.44. The van der Waals surface area contributed by atoms with E-state index in [-0.39, 0.29) is 29.4 Å². The first-order chi connectivity index (χ1) is 16.2. The van der Waals surface area contributed by atoms with Gasteiger partial charge in [-0.1, -0.05) is 17.7 Å². The highest BCUT2D eigenvalue weighted by atomic mass is 35.5. The minimum absolute atomic E-state index is 0.0540. The molecule has 2 aromatic carbocycles. The first-order valence-electron chi connectivity index (χ1n) is 11.0. The van der Waals surface area contributed by atoms with Gasteiger partial charge in [0.1, 0.15) is 11.5 Å². The van der Waals surface area contributed by atoms with Gasteiger partial charge < -0.3 is 29.5 Å². The normalized spacial score (nSPS) is 17.5. The van der Waals surface area contributed by atoms with Gasteiger partial charge >= 0.3 is 0 Å². The van der Waals surface area contributed by atoms with Gasteiger partial charge in [-0.05, 0) is 63.8 Å². The van der Waals surface area contributed by atoms with Gasteiger partial charge in [0.05, 0.1) is 29.9 Å². The number of aliphatic hydroxyl groups is 1. The van der Waals surface area contributed by atoms with Crippen LogP contribution >= 0.6 is 11.6 Å². The number of ether oxygens (including phenoxy) is 2. The number of Topliss-reactive ketones (excluding diaryl/α,β-unsaturated/α-hetero) is 1. The summed E-state index contributed by atoms with van der Waals surface area (Å²) in [6.45, 7) is 5.05. The van der Waals surface area contributed by atoms with Crippen molar-refractivity contribution in [1.82, 2.24) is 9.80 Å². The number of phenols is 1. The molecule has 1 amide bonds. The van der Waals surface area contributed by atoms with Crippen LogP contribution in [0.1, 0.15) is 31.0 Å². The van der Waals surface area contributed by atoms with E-state index in [1.54, 1.807) is 38.1 Å². The number of carbonyl (C=O) groups is 2. The lowest BCUT2D eigenvalue weighted by molar-refractivity contribution is -0.140. The van der Waals surface area contributed by atoms with Gasteiger partial charge in [-0.15, -0.1) is 0 Å². The molecule has 1 heterocycles. The Labute approximate surface area is 203 Å². The van der Waals surface area contributed by atoms with E-state index in [2.05, 4.69) is 0 Å². The van der Waals surface area contributed by atoms with E-state index >= 15 is 0 Å². The van der Waals surface area contributed by atoms with E-state index in [1.165, 1.54) is 17.0 Å². The Hall–Kier alpha value is -3.23. The summed E-state index contributed by atoms with van der Waals surface area (Å²) in [5, 5.41) is 21.7. The smallest absolute Gasteiger partial charge is 0.295 e. The summed E-state index contributed by atoms with van der Waals surface area (Å²) in [6, 6.07) is 8.43. The summed E-state index contributed by atoms with van der Waals surface area (Å²) in [5.74, 6) is -1.31. The van der Waals surface area contributed by atoms with E-state index in [0.29, 0.717) is 41.7 Å². The third kappa shape index (κ3) is 5.13. The van der Waals surface area contributed by atoms with Crippen LogP contribution in [0.3, 0.4) is 0 Å². The maximum absolute atomic E-state index is 13.2. The molecule has 3 rings (SSSR count). The molecule has 1 unspecified atom stereocenters. The summed E-state index contributed by atoms with van der Waals surface area (Å²) >= 11 is 6.18. The lowest BCUT2D eigenvalue weighted by Crippen LogP contribution is -2.35. The lowest BCUT2D eigenvalue weighted by Gasteiger charge is -2.27. The number of carbonyl (C=O) groups excluding carboxylic acids is 2. The maximum Gasteiger partial charge on any atom is 0.295 e. The molecule has 0 spiro atoms. The molecule has 0 bridgehead atoms. The Bertz CT molecular complexity index is 1110. The van der Waals surface area contributed by atoms with Crippen LogP contribution in [0.15, 0.2) is 42.0 Å². The van der Waals surface area contributed by atoms with Gasteiger partial charge in [-0.3, -0.25) is 9.59 Å². The predicted molar refractivity (Wildman–Crippen MR) is 129 cm³/mol. The summed E-state index contributed by atoms with van der Waals surface area (Å²) in [5.41, 5.74) is 0.772. The highest BCUT2D eigenvalue weighted by molar-refractivity contribution is 6.46. The Balaban J connectivity index is 2.19. The molecule has 0 aliphatic carbocycles. The Kier molecular flexibility index (Phi) is 8.06. The molecule has 1 atom stereocenters. The molecule has 1 aliphatic rings. The first kappa shape index (κ1) is 25.4. The molecular formula is C25H29ClN2O6. The average Bonchev–Trinajstić information content (AvgIpc) is 3.05. The van der Waals surface area contributed by atoms with Gasteiger partial charge in [-0.25, -0.2) is 0 Å². The molecule has 1 aliphatic heterocycles. The van der Waals surface area contributed by atoms with E-state index < -0.39 is 17.7 Å². The topological polar surface area (TPSA) is 99.5 Å². The van der Waals surface area contributed by atoms with E-state index in [9.17, 15) is 19.8 Å². The number of phenolic OH excluding ortho intramolecular Hbond substituents is 1. The standard InChI is InChI=1S/C25H29ClN2O6/c1-5-33-19-14-16(7-9-17(19)26)23(30)21-22(15-8-10-18(29)20(13-15)34-6-2)28(12-11-27(3)4)25(32)24(21)31/h7-10,13-14,22,29-30H,5-6,11-12H2,1-4H3/b23-21-. The minimum atomic E-state index is -0.869. The Morgan fingerprint density at radius 1 is 1.06 bits per heavy atom. The summed E-state index contributed by atoms with van der Waals surface area (Å²) in [7, 11) is 3.73. The van der Waals surface area contributed by atoms with Crippen molar-refractivity contribution in [2.45, 2.75) is 19.9 Å². The first-order valence-corrected chi connectivity index (χ1v) is 11.4. The zero-order valence-electron chi connectivity index (χ0n) is 19.7. The van der Waals surface area contributed by atoms with Crippen LogP contribution < -0.4 is 9.47 Å². The number of benzene rings is 2. The fourth-order valence-corrected chi connectivity index (χ4v) is 3.98. The van der Waals surface area contributed by atoms with Gasteiger partial charge in [0, 0.05) is 18.7 Å². The van der Waals surface area contributed by atoms with Crippen LogP contribution in [0.2, 0.25) is 5.02 Å². The highest BCUT2D eigenvalue weighted by Gasteiger charge is 2.46. The third-order valence-electron chi connectivity index (χ3n) is 5.43. The molecule has 2 N–H and O–H groups in total. The molecule has 1 saturated heterocycles. The number of nitrogens with zero attached hydrogens (tertiary/aromatic N) is 2. The molecule has 0 saturated carbocycles. The number of hydrogen-bond acceptors (Lipinski definition) is 7. The van der Waals surface area contributed by atoms with Crippen LogP contribution in [0, 0.1) is 0 Å². The largest absolute Gasteiger partial charge is 0.507 e. The van der Waals surface area contributed by atoms with Crippen LogP contribution in [0.25, 0.3) is 5.76 Å². The summed E-state index contributed by atoms with van der Waals surface area (Å²) < 4.78 is 11.0. The van der Waals surface area contributed by atoms with Crippen molar-refractivity contribution < 1.29 is 29.3 Å². The van der Waals surface area contributed by atoms with Crippen LogP contribution in [0.4, 0.5) is 0 Å². The number of rotatable bonds is 9. The predicted octanol–water partition coefficient (Wildman–Crippen LogP) is 3.83. The SMILES string of the molecule is CCOc1cc(C2/C(=C(/O)c3ccc(Cl)c(OCC)c3)C(=O)C(=O)N2CCN(C)C)ccc1O. The van der Waals surface area contributed by atoms with Gasteiger partial charge in [0.25, 0.3) is 11.7 Å². The van der Waals surface area contributed by atoms with Gasteiger partial charge in [-0.2, -0.15) is 0 Å². The molecule has 8 nitrogen and oxygen atoms in total. The van der Waals surface area contributed by atoms with Crippen molar-refractivity contribution in [2.75, 3.05) is 40.4 Å². The molecular weight excluding hydrogens is 460 g/mol. The second kappa shape index (κ2) is 10.8. The van der Waals surface area contributed by atoms with Crippen LogP contribution in [0.5, 0.6) is 17.2 Å². The molecule has 0 aromatic heterocycles. The number of likely N-dealkylation sites (N-methyl/N-ethyl adjacent to an activating group) is 1. The number of aromatic hydroxyl groups is 1. The number of likely N-dealkylation sites (tertiary alicyclic amines) is 1. The highest BCUT2D eigenvalue weighted by Crippen LogP contribution is 2.42. The van der Waals surface area contributed by atoms with Crippen molar-refractivity contribution in [3.63, 3.8) is 0 Å². The van der Waals surface area contributed by atoms with Crippen molar-refractivity contribution in [2.24, 2.45) is 0 Å². The number of halogens is 1. The fraction of sp³-hybridized carbons (Fsp3) is 0.360. The zero-order chi connectivity index (χ0) is 25.0. The van der Waals surface area contributed by atoms with Crippen molar-refractivity contribution in [3.8, 4) is 17.2 Å². The lowest BCUT2D eigenvalue weighted by atomic mass is 9.95. The van der Waals surface area contributed by atoms with Crippen molar-refractivity contribution in [1.29, 1.82) is 0 Å². The quantitative estimate of drug-likeness (QED) is 0.314. The van der Waals surface area contributed by atoms with E-state index in [1.807, 2.05) is 19.0 Å². The zero-order valence-corrected chi connectivity index (χ0v) is 20.4. The molecule has 2 aromatic rings. The van der Waals surface area contributed by atoms with Crippen LogP contribution in [-0.2, 0) is 9.59 Å². The number of amides is 1. The third-order valence-corrected chi connectivity index (χ3v) is 5.74. The molecule has 1 fully saturated rings. The molecule has 9 heteroatoms. The van der Waals surface area contributed by atoms with Crippen LogP contribution in [-0.4, -0.2) is 72.1 Å². The Morgan fingerprint density at radius 3 is 2.38 bits per heavy atom. The van der Waals surface area contributed by atoms with E-state index in [0.717, 1.165) is 0 Å². The Morgan fingerprint density at radius 2 is 1.74 bits per heavy atom. The second-order valence-electron chi connectivity index (χ2n) is 8.03. The average molecular weight is 489 g/mol.